The minimum absolute atomic E-state index is 0.140. The Hall–Kier alpha value is -0.640. The smallest absolute Gasteiger partial charge is 0.276 e. The predicted molar refractivity (Wildman–Crippen MR) is 49.3 cm³/mol. The van der Waals surface area contributed by atoms with Gasteiger partial charge in [0.2, 0.25) is 0 Å². The van der Waals surface area contributed by atoms with E-state index in [0.717, 1.165) is 25.8 Å². The van der Waals surface area contributed by atoms with Crippen molar-refractivity contribution in [3.8, 4) is 0 Å². The Balaban J connectivity index is 3.25. The van der Waals surface area contributed by atoms with Crippen molar-refractivity contribution in [1.82, 2.24) is 5.32 Å². The zero-order valence-electron chi connectivity index (χ0n) is 6.72. The van der Waals surface area contributed by atoms with Crippen LogP contribution in [0.15, 0.2) is 0 Å². The Morgan fingerprint density at radius 3 is 2.64 bits per heavy atom. The Morgan fingerprint density at radius 2 is 2.18 bits per heavy atom. The number of amides is 1. The molecule has 0 aromatic carbocycles. The number of primary amides is 1. The monoisotopic (exact) mass is 174 g/mol. The first kappa shape index (κ1) is 10.4. The molecular weight excluding hydrogens is 160 g/mol. The number of rotatable bonds is 4. The summed E-state index contributed by atoms with van der Waals surface area (Å²) < 4.78 is 0. The number of thiocarbonyl (C=S) groups is 1. The Morgan fingerprint density at radius 1 is 1.55 bits per heavy atom. The number of hydrogen-bond acceptors (Lipinski definition) is 2. The summed E-state index contributed by atoms with van der Waals surface area (Å²) in [5.74, 6) is -0.545. The summed E-state index contributed by atoms with van der Waals surface area (Å²) in [7, 11) is 0. The molecule has 11 heavy (non-hydrogen) atoms. The fourth-order valence-electron chi connectivity index (χ4n) is 0.664. The molecule has 0 saturated carbocycles. The van der Waals surface area contributed by atoms with E-state index in [9.17, 15) is 4.79 Å². The molecule has 3 nitrogen and oxygen atoms in total. The van der Waals surface area contributed by atoms with Crippen molar-refractivity contribution in [3.05, 3.63) is 0 Å². The van der Waals surface area contributed by atoms with Crippen LogP contribution in [0.4, 0.5) is 0 Å². The van der Waals surface area contributed by atoms with E-state index in [1.165, 1.54) is 0 Å². The molecule has 0 aromatic heterocycles. The fraction of sp³-hybridized carbons (Fsp3) is 0.714. The van der Waals surface area contributed by atoms with E-state index in [1.807, 2.05) is 0 Å². The highest BCUT2D eigenvalue weighted by Crippen LogP contribution is 1.90. The zero-order valence-corrected chi connectivity index (χ0v) is 7.54. The van der Waals surface area contributed by atoms with Gasteiger partial charge in [0.1, 0.15) is 0 Å². The second-order valence-electron chi connectivity index (χ2n) is 2.33. The maximum absolute atomic E-state index is 10.4. The number of nitrogens with two attached hydrogens (primary N) is 1. The van der Waals surface area contributed by atoms with Gasteiger partial charge in [-0.1, -0.05) is 32.0 Å². The van der Waals surface area contributed by atoms with Gasteiger partial charge >= 0.3 is 0 Å². The Labute approximate surface area is 72.3 Å². The summed E-state index contributed by atoms with van der Waals surface area (Å²) in [4.78, 5) is 10.5. The molecule has 0 radical (unpaired) electrons. The van der Waals surface area contributed by atoms with E-state index in [-0.39, 0.29) is 4.99 Å². The number of nitrogens with one attached hydrogen (secondary N) is 1. The van der Waals surface area contributed by atoms with Gasteiger partial charge in [-0.3, -0.25) is 4.79 Å². The summed E-state index contributed by atoms with van der Waals surface area (Å²) in [5, 5.41) is 2.77. The molecule has 0 aromatic rings. The quantitative estimate of drug-likeness (QED) is 0.484. The number of unbranched alkanes of at least 4 members (excludes halogenated alkanes) is 2. The molecule has 3 N–H and O–H groups in total. The van der Waals surface area contributed by atoms with Gasteiger partial charge in [0.25, 0.3) is 5.91 Å². The van der Waals surface area contributed by atoms with E-state index < -0.39 is 5.91 Å². The maximum Gasteiger partial charge on any atom is 0.276 e. The van der Waals surface area contributed by atoms with Crippen LogP contribution in [0, 0.1) is 0 Å². The molecule has 0 rings (SSSR count). The standard InChI is InChI=1S/C7H14N2OS/c1-2-3-4-5-9-7(11)6(8)10/h2-5H2,1H3,(H2,8,10)(H,9,11). The molecule has 0 aliphatic heterocycles. The molecule has 0 bridgehead atoms. The second-order valence-corrected chi connectivity index (χ2v) is 2.74. The van der Waals surface area contributed by atoms with Crippen molar-refractivity contribution in [2.24, 2.45) is 5.73 Å². The van der Waals surface area contributed by atoms with Gasteiger partial charge in [0, 0.05) is 6.54 Å². The van der Waals surface area contributed by atoms with Crippen molar-refractivity contribution < 1.29 is 4.79 Å². The lowest BCUT2D eigenvalue weighted by atomic mass is 10.2. The summed E-state index contributed by atoms with van der Waals surface area (Å²) >= 11 is 4.64. The average molecular weight is 174 g/mol. The van der Waals surface area contributed by atoms with Crippen molar-refractivity contribution in [1.29, 1.82) is 0 Å². The Kier molecular flexibility index (Phi) is 5.74. The molecule has 64 valence electrons. The maximum atomic E-state index is 10.4. The van der Waals surface area contributed by atoms with Gasteiger partial charge < -0.3 is 11.1 Å². The van der Waals surface area contributed by atoms with Gasteiger partial charge in [-0.05, 0) is 6.42 Å². The summed E-state index contributed by atoms with van der Waals surface area (Å²) in [5.41, 5.74) is 4.91. The van der Waals surface area contributed by atoms with Gasteiger partial charge in [0.15, 0.2) is 4.99 Å². The van der Waals surface area contributed by atoms with Crippen molar-refractivity contribution in [3.63, 3.8) is 0 Å². The van der Waals surface area contributed by atoms with Gasteiger partial charge in [0.05, 0.1) is 0 Å². The minimum atomic E-state index is -0.545. The predicted octanol–water partition coefficient (Wildman–Crippen LogP) is 0.579. The number of carbonyl (C=O) groups is 1. The van der Waals surface area contributed by atoms with Crippen LogP contribution in [0.3, 0.4) is 0 Å². The van der Waals surface area contributed by atoms with E-state index in [4.69, 9.17) is 5.73 Å². The van der Waals surface area contributed by atoms with Crippen molar-refractivity contribution in [2.45, 2.75) is 26.2 Å². The first-order valence-electron chi connectivity index (χ1n) is 3.76. The highest BCUT2D eigenvalue weighted by atomic mass is 32.1. The molecule has 0 unspecified atom stereocenters. The van der Waals surface area contributed by atoms with E-state index in [2.05, 4.69) is 24.5 Å². The minimum Gasteiger partial charge on any atom is -0.372 e. The van der Waals surface area contributed by atoms with Crippen LogP contribution in [0.25, 0.3) is 0 Å². The zero-order chi connectivity index (χ0) is 8.69. The largest absolute Gasteiger partial charge is 0.372 e. The summed E-state index contributed by atoms with van der Waals surface area (Å²) in [6.45, 7) is 2.86. The molecule has 1 amide bonds. The molecule has 4 heteroatoms. The van der Waals surface area contributed by atoms with Gasteiger partial charge in [-0.2, -0.15) is 0 Å². The van der Waals surface area contributed by atoms with E-state index in [1.54, 1.807) is 0 Å². The van der Waals surface area contributed by atoms with Crippen LogP contribution in [0.1, 0.15) is 26.2 Å². The first-order valence-corrected chi connectivity index (χ1v) is 4.17. The van der Waals surface area contributed by atoms with Gasteiger partial charge in [-0.25, -0.2) is 0 Å². The van der Waals surface area contributed by atoms with Crippen LogP contribution in [0.5, 0.6) is 0 Å². The molecular formula is C7H14N2OS. The van der Waals surface area contributed by atoms with Crippen molar-refractivity contribution in [2.75, 3.05) is 6.54 Å². The van der Waals surface area contributed by atoms with E-state index in [0.29, 0.717) is 0 Å². The number of hydrogen-bond donors (Lipinski definition) is 2. The molecule has 0 saturated heterocycles. The van der Waals surface area contributed by atoms with Crippen LogP contribution in [0.2, 0.25) is 0 Å². The summed E-state index contributed by atoms with van der Waals surface area (Å²) in [6, 6.07) is 0. The normalized spacial score (nSPS) is 9.18. The topological polar surface area (TPSA) is 55.1 Å². The second kappa shape index (κ2) is 6.09. The fourth-order valence-corrected chi connectivity index (χ4v) is 0.766. The molecule has 0 fully saturated rings. The van der Waals surface area contributed by atoms with Crippen LogP contribution in [-0.2, 0) is 4.79 Å². The molecule has 0 aliphatic rings. The third-order valence-corrected chi connectivity index (χ3v) is 1.64. The SMILES string of the molecule is CCCCCNC(=S)C(N)=O. The molecule has 0 heterocycles. The highest BCUT2D eigenvalue weighted by molar-refractivity contribution is 7.82. The highest BCUT2D eigenvalue weighted by Gasteiger charge is 2.00. The van der Waals surface area contributed by atoms with Crippen LogP contribution < -0.4 is 11.1 Å². The van der Waals surface area contributed by atoms with Crippen molar-refractivity contribution >= 4 is 23.1 Å². The lowest BCUT2D eigenvalue weighted by Crippen LogP contribution is -2.34. The Bertz CT molecular complexity index is 147. The lowest BCUT2D eigenvalue weighted by Gasteiger charge is -2.02. The number of carbonyl (C=O) groups excluding carboxylic acids is 1. The lowest BCUT2D eigenvalue weighted by molar-refractivity contribution is -0.112. The van der Waals surface area contributed by atoms with Crippen LogP contribution >= 0.6 is 12.2 Å². The van der Waals surface area contributed by atoms with E-state index >= 15 is 0 Å². The molecule has 0 atom stereocenters. The first-order chi connectivity index (χ1) is 5.18. The third-order valence-electron chi connectivity index (χ3n) is 1.29. The van der Waals surface area contributed by atoms with Crippen LogP contribution in [-0.4, -0.2) is 17.4 Å². The summed E-state index contributed by atoms with van der Waals surface area (Å²) in [6.07, 6.45) is 3.34. The average Bonchev–Trinajstić information content (AvgIpc) is 1.97. The van der Waals surface area contributed by atoms with Gasteiger partial charge in [-0.15, -0.1) is 0 Å². The molecule has 0 spiro atoms. The third kappa shape index (κ3) is 5.79. The molecule has 0 aliphatic carbocycles.